The molecule has 6 nitrogen and oxygen atoms in total. The average Bonchev–Trinajstić information content (AvgIpc) is 2.95. The number of hydrogen-bond acceptors (Lipinski definition) is 6. The molecular formula is C15H22Cl2N4O2S2. The van der Waals surface area contributed by atoms with E-state index in [4.69, 9.17) is 5.73 Å². The SMILES string of the molecule is CSC(CNC(N)=CS(=O)(=O)c1ccccc1)c1[nH]cnc1C.Cl.Cl. The fourth-order valence-corrected chi connectivity index (χ4v) is 3.91. The van der Waals surface area contributed by atoms with Crippen LogP contribution in [0.5, 0.6) is 0 Å². The summed E-state index contributed by atoms with van der Waals surface area (Å²) in [5, 5.41) is 4.12. The van der Waals surface area contributed by atoms with Crippen LogP contribution in [0.15, 0.2) is 52.8 Å². The van der Waals surface area contributed by atoms with E-state index in [1.165, 1.54) is 12.1 Å². The first-order valence-electron chi connectivity index (χ1n) is 6.98. The lowest BCUT2D eigenvalue weighted by atomic mass is 10.2. The summed E-state index contributed by atoms with van der Waals surface area (Å²) < 4.78 is 24.4. The predicted molar refractivity (Wildman–Crippen MR) is 108 cm³/mol. The topological polar surface area (TPSA) is 101 Å². The normalized spacial score (nSPS) is 12.6. The third-order valence-corrected chi connectivity index (χ3v) is 5.78. The van der Waals surface area contributed by atoms with Crippen LogP contribution in [0.2, 0.25) is 0 Å². The van der Waals surface area contributed by atoms with Crippen LogP contribution in [0.3, 0.4) is 0 Å². The number of nitrogens with zero attached hydrogens (tertiary/aromatic N) is 1. The number of hydrogen-bond donors (Lipinski definition) is 3. The number of benzene rings is 1. The predicted octanol–water partition coefficient (Wildman–Crippen LogP) is 2.79. The molecule has 1 aromatic heterocycles. The van der Waals surface area contributed by atoms with Crippen molar-refractivity contribution in [2.24, 2.45) is 5.73 Å². The molecule has 0 aliphatic carbocycles. The van der Waals surface area contributed by atoms with Crippen molar-refractivity contribution in [2.75, 3.05) is 12.8 Å². The molecule has 1 aromatic carbocycles. The van der Waals surface area contributed by atoms with Crippen molar-refractivity contribution in [3.05, 3.63) is 59.3 Å². The summed E-state index contributed by atoms with van der Waals surface area (Å²) in [5.41, 5.74) is 7.75. The number of halogens is 2. The molecule has 0 bridgehead atoms. The van der Waals surface area contributed by atoms with Crippen LogP contribution in [-0.2, 0) is 9.84 Å². The van der Waals surface area contributed by atoms with Gasteiger partial charge in [-0.1, -0.05) is 18.2 Å². The molecule has 0 amide bonds. The van der Waals surface area contributed by atoms with E-state index in [-0.39, 0.29) is 40.8 Å². The van der Waals surface area contributed by atoms with Gasteiger partial charge in [0.15, 0.2) is 0 Å². The van der Waals surface area contributed by atoms with Gasteiger partial charge in [-0.05, 0) is 25.3 Å². The number of sulfone groups is 1. The van der Waals surface area contributed by atoms with Gasteiger partial charge in [0.05, 0.1) is 33.3 Å². The van der Waals surface area contributed by atoms with Crippen molar-refractivity contribution >= 4 is 46.4 Å². The largest absolute Gasteiger partial charge is 0.385 e. The first kappa shape index (κ1) is 23.6. The molecule has 140 valence electrons. The molecule has 0 saturated carbocycles. The first-order chi connectivity index (χ1) is 10.9. The molecular weight excluding hydrogens is 403 g/mol. The van der Waals surface area contributed by atoms with Gasteiger partial charge in [-0.3, -0.25) is 0 Å². The van der Waals surface area contributed by atoms with Crippen LogP contribution in [0.1, 0.15) is 16.6 Å². The highest BCUT2D eigenvalue weighted by atomic mass is 35.5. The number of imidazole rings is 1. The lowest BCUT2D eigenvalue weighted by molar-refractivity contribution is 0.603. The van der Waals surface area contributed by atoms with Crippen molar-refractivity contribution in [3.63, 3.8) is 0 Å². The standard InChI is InChI=1S/C15H20N4O2S2.2ClH/c1-11-15(19-10-18-11)13(22-2)8-17-14(16)9-23(20,21)12-6-4-3-5-7-12;;/h3-7,9-10,13,17H,8,16H2,1-2H3,(H,18,19);2*1H. The maximum absolute atomic E-state index is 12.2. The van der Waals surface area contributed by atoms with Gasteiger partial charge in [0.2, 0.25) is 9.84 Å². The van der Waals surface area contributed by atoms with Crippen molar-refractivity contribution in [1.82, 2.24) is 15.3 Å². The lowest BCUT2D eigenvalue weighted by Crippen LogP contribution is -2.25. The van der Waals surface area contributed by atoms with E-state index in [0.717, 1.165) is 16.8 Å². The zero-order chi connectivity index (χ0) is 16.9. The van der Waals surface area contributed by atoms with Crippen LogP contribution >= 0.6 is 36.6 Å². The van der Waals surface area contributed by atoms with E-state index in [1.54, 1.807) is 36.3 Å². The summed E-state index contributed by atoms with van der Waals surface area (Å²) >= 11 is 1.63. The number of aromatic nitrogens is 2. The molecule has 0 spiro atoms. The van der Waals surface area contributed by atoms with Gasteiger partial charge < -0.3 is 16.0 Å². The summed E-state index contributed by atoms with van der Waals surface area (Å²) in [6, 6.07) is 8.19. The number of aromatic amines is 1. The average molecular weight is 425 g/mol. The molecule has 0 aliphatic heterocycles. The van der Waals surface area contributed by atoms with E-state index in [1.807, 2.05) is 13.2 Å². The van der Waals surface area contributed by atoms with Gasteiger partial charge in [0, 0.05) is 6.54 Å². The fourth-order valence-electron chi connectivity index (χ4n) is 2.10. The van der Waals surface area contributed by atoms with Crippen molar-refractivity contribution < 1.29 is 8.42 Å². The number of nitrogens with two attached hydrogens (primary N) is 1. The summed E-state index contributed by atoms with van der Waals surface area (Å²) in [6.45, 7) is 2.42. The molecule has 1 atom stereocenters. The fraction of sp³-hybridized carbons (Fsp3) is 0.267. The third kappa shape index (κ3) is 6.47. The second kappa shape index (κ2) is 10.6. The quantitative estimate of drug-likeness (QED) is 0.631. The number of H-pyrrole nitrogens is 1. The summed E-state index contributed by atoms with van der Waals surface area (Å²) in [7, 11) is -3.55. The number of rotatable bonds is 7. The van der Waals surface area contributed by atoms with Gasteiger partial charge >= 0.3 is 0 Å². The minimum atomic E-state index is -3.55. The Morgan fingerprint density at radius 1 is 1.36 bits per heavy atom. The van der Waals surface area contributed by atoms with Crippen molar-refractivity contribution in [1.29, 1.82) is 0 Å². The second-order valence-corrected chi connectivity index (χ2v) is 7.78. The van der Waals surface area contributed by atoms with E-state index < -0.39 is 9.84 Å². The van der Waals surface area contributed by atoms with Crippen LogP contribution in [0.4, 0.5) is 0 Å². The Balaban J connectivity index is 0.00000288. The minimum Gasteiger partial charge on any atom is -0.385 e. The number of thioether (sulfide) groups is 1. The lowest BCUT2D eigenvalue weighted by Gasteiger charge is -2.15. The van der Waals surface area contributed by atoms with Crippen molar-refractivity contribution in [2.45, 2.75) is 17.1 Å². The zero-order valence-electron chi connectivity index (χ0n) is 13.8. The molecule has 2 rings (SSSR count). The first-order valence-corrected chi connectivity index (χ1v) is 9.81. The molecule has 0 fully saturated rings. The molecule has 0 radical (unpaired) electrons. The Labute approximate surface area is 164 Å². The minimum absolute atomic E-state index is 0. The molecule has 2 aromatic rings. The van der Waals surface area contributed by atoms with Crippen LogP contribution in [0.25, 0.3) is 0 Å². The number of aryl methyl sites for hydroxylation is 1. The van der Waals surface area contributed by atoms with Gasteiger partial charge in [-0.25, -0.2) is 13.4 Å². The second-order valence-electron chi connectivity index (χ2n) is 4.94. The van der Waals surface area contributed by atoms with Gasteiger partial charge in [-0.2, -0.15) is 11.8 Å². The Kier molecular flexibility index (Phi) is 10.0. The maximum Gasteiger partial charge on any atom is 0.203 e. The molecule has 4 N–H and O–H groups in total. The summed E-state index contributed by atoms with van der Waals surface area (Å²) in [5.74, 6) is 0.116. The third-order valence-electron chi connectivity index (χ3n) is 3.32. The van der Waals surface area contributed by atoms with E-state index in [0.29, 0.717) is 6.54 Å². The van der Waals surface area contributed by atoms with E-state index >= 15 is 0 Å². The van der Waals surface area contributed by atoms with Gasteiger partial charge in [0.1, 0.15) is 5.82 Å². The maximum atomic E-state index is 12.2. The Morgan fingerprint density at radius 2 is 2.00 bits per heavy atom. The highest BCUT2D eigenvalue weighted by Crippen LogP contribution is 2.26. The van der Waals surface area contributed by atoms with E-state index in [2.05, 4.69) is 15.3 Å². The summed E-state index contributed by atoms with van der Waals surface area (Å²) in [4.78, 5) is 7.50. The monoisotopic (exact) mass is 424 g/mol. The van der Waals surface area contributed by atoms with Crippen LogP contribution in [-0.4, -0.2) is 31.2 Å². The van der Waals surface area contributed by atoms with E-state index in [9.17, 15) is 8.42 Å². The molecule has 0 aliphatic rings. The molecule has 25 heavy (non-hydrogen) atoms. The Bertz CT molecular complexity index is 780. The number of nitrogens with one attached hydrogen (secondary N) is 2. The Hall–Kier alpha value is -1.35. The van der Waals surface area contributed by atoms with Gasteiger partial charge in [-0.15, -0.1) is 24.8 Å². The summed E-state index contributed by atoms with van der Waals surface area (Å²) in [6.07, 6.45) is 3.63. The van der Waals surface area contributed by atoms with Gasteiger partial charge in [0.25, 0.3) is 0 Å². The molecule has 10 heteroatoms. The molecule has 1 unspecified atom stereocenters. The smallest absolute Gasteiger partial charge is 0.203 e. The van der Waals surface area contributed by atoms with Crippen LogP contribution in [0, 0.1) is 6.92 Å². The Morgan fingerprint density at radius 3 is 2.52 bits per heavy atom. The van der Waals surface area contributed by atoms with Crippen LogP contribution < -0.4 is 11.1 Å². The molecule has 1 heterocycles. The highest BCUT2D eigenvalue weighted by Gasteiger charge is 2.16. The zero-order valence-corrected chi connectivity index (χ0v) is 17.1. The van der Waals surface area contributed by atoms with Crippen molar-refractivity contribution in [3.8, 4) is 0 Å². The highest BCUT2D eigenvalue weighted by molar-refractivity contribution is 7.98. The molecule has 0 saturated heterocycles.